The summed E-state index contributed by atoms with van der Waals surface area (Å²) in [6, 6.07) is 8.54. The van der Waals surface area contributed by atoms with Gasteiger partial charge in [0, 0.05) is 18.7 Å². The smallest absolute Gasteiger partial charge is 0.0718 e. The molecule has 114 valence electrons. The van der Waals surface area contributed by atoms with Crippen molar-refractivity contribution in [3.63, 3.8) is 0 Å². The largest absolute Gasteiger partial charge is 0.379 e. The third-order valence-electron chi connectivity index (χ3n) is 2.80. The highest BCUT2D eigenvalue weighted by Gasteiger charge is 2.08. The Kier molecular flexibility index (Phi) is 7.82. The molecular weight excluding hydrogens is 250 g/mol. The van der Waals surface area contributed by atoms with E-state index in [1.807, 2.05) is 0 Å². The Hall–Kier alpha value is -0.900. The topological polar surface area (TPSA) is 30.5 Å². The molecule has 0 saturated carbocycles. The molecule has 0 atom stereocenters. The maximum Gasteiger partial charge on any atom is 0.0718 e. The van der Waals surface area contributed by atoms with E-state index in [1.54, 1.807) is 0 Å². The van der Waals surface area contributed by atoms with Crippen LogP contribution in [-0.4, -0.2) is 25.4 Å². The quantitative estimate of drug-likeness (QED) is 0.702. The number of benzene rings is 1. The van der Waals surface area contributed by atoms with Crippen molar-refractivity contribution in [2.24, 2.45) is 0 Å². The Morgan fingerprint density at radius 1 is 1.00 bits per heavy atom. The first-order chi connectivity index (χ1) is 9.51. The molecule has 1 aromatic carbocycles. The second kappa shape index (κ2) is 9.11. The lowest BCUT2D eigenvalue weighted by molar-refractivity contribution is 0.0408. The molecule has 0 aliphatic carbocycles. The van der Waals surface area contributed by atoms with Gasteiger partial charge in [-0.1, -0.05) is 31.2 Å². The average molecular weight is 279 g/mol. The minimum Gasteiger partial charge on any atom is -0.379 e. The minimum absolute atomic E-state index is 0.142. The average Bonchev–Trinajstić information content (AvgIpc) is 2.40. The lowest BCUT2D eigenvalue weighted by Gasteiger charge is -2.20. The van der Waals surface area contributed by atoms with E-state index < -0.39 is 0 Å². The Balaban J connectivity index is 2.29. The van der Waals surface area contributed by atoms with E-state index in [9.17, 15) is 0 Å². The minimum atomic E-state index is 0.142. The van der Waals surface area contributed by atoms with Crippen molar-refractivity contribution in [2.75, 3.05) is 19.8 Å². The summed E-state index contributed by atoms with van der Waals surface area (Å²) in [4.78, 5) is 0. The lowest BCUT2D eigenvalue weighted by Crippen LogP contribution is -2.35. The molecule has 0 amide bonds. The van der Waals surface area contributed by atoms with E-state index in [4.69, 9.17) is 9.47 Å². The Labute approximate surface area is 123 Å². The molecule has 0 heterocycles. The number of rotatable bonds is 9. The molecule has 0 saturated heterocycles. The molecule has 3 nitrogen and oxygen atoms in total. The van der Waals surface area contributed by atoms with E-state index in [0.29, 0.717) is 19.8 Å². The van der Waals surface area contributed by atoms with Gasteiger partial charge in [0.25, 0.3) is 0 Å². The van der Waals surface area contributed by atoms with Gasteiger partial charge in [0.2, 0.25) is 0 Å². The molecule has 0 aliphatic heterocycles. The highest BCUT2D eigenvalue weighted by atomic mass is 16.5. The summed E-state index contributed by atoms with van der Waals surface area (Å²) in [7, 11) is 0. The van der Waals surface area contributed by atoms with Crippen molar-refractivity contribution in [2.45, 2.75) is 52.8 Å². The highest BCUT2D eigenvalue weighted by Crippen LogP contribution is 2.08. The summed E-state index contributed by atoms with van der Waals surface area (Å²) >= 11 is 0. The zero-order valence-corrected chi connectivity index (χ0v) is 13.4. The standard InChI is InChI=1S/C17H29NO2/c1-5-9-19-10-11-20-14-16-8-6-7-15(12-16)13-18-17(2,3)4/h6-8,12,18H,5,9-11,13-14H2,1-4H3. The molecule has 0 fully saturated rings. The zero-order valence-electron chi connectivity index (χ0n) is 13.4. The van der Waals surface area contributed by atoms with Gasteiger partial charge < -0.3 is 14.8 Å². The van der Waals surface area contributed by atoms with E-state index in [-0.39, 0.29) is 5.54 Å². The van der Waals surface area contributed by atoms with Gasteiger partial charge in [-0.15, -0.1) is 0 Å². The molecule has 1 N–H and O–H groups in total. The SMILES string of the molecule is CCCOCCOCc1cccc(CNC(C)(C)C)c1. The third kappa shape index (κ3) is 8.31. The van der Waals surface area contributed by atoms with Gasteiger partial charge in [-0.25, -0.2) is 0 Å². The van der Waals surface area contributed by atoms with Crippen molar-refractivity contribution in [3.8, 4) is 0 Å². The maximum absolute atomic E-state index is 5.62. The third-order valence-corrected chi connectivity index (χ3v) is 2.80. The zero-order chi connectivity index (χ0) is 14.8. The van der Waals surface area contributed by atoms with E-state index in [2.05, 4.69) is 57.3 Å². The first-order valence-corrected chi connectivity index (χ1v) is 7.49. The van der Waals surface area contributed by atoms with Crippen LogP contribution in [0.15, 0.2) is 24.3 Å². The van der Waals surface area contributed by atoms with Crippen LogP contribution < -0.4 is 5.32 Å². The molecule has 0 radical (unpaired) electrons. The Morgan fingerprint density at radius 2 is 1.70 bits per heavy atom. The molecule has 0 bridgehead atoms. The van der Waals surface area contributed by atoms with Crippen LogP contribution in [0.4, 0.5) is 0 Å². The molecule has 0 aromatic heterocycles. The van der Waals surface area contributed by atoms with Crippen LogP contribution in [0.3, 0.4) is 0 Å². The van der Waals surface area contributed by atoms with Crippen LogP contribution in [0.25, 0.3) is 0 Å². The summed E-state index contributed by atoms with van der Waals surface area (Å²) in [5.41, 5.74) is 2.65. The molecule has 0 unspecified atom stereocenters. The summed E-state index contributed by atoms with van der Waals surface area (Å²) in [5.74, 6) is 0. The van der Waals surface area contributed by atoms with Crippen molar-refractivity contribution >= 4 is 0 Å². The summed E-state index contributed by atoms with van der Waals surface area (Å²) in [6.45, 7) is 12.3. The number of ether oxygens (including phenoxy) is 2. The lowest BCUT2D eigenvalue weighted by atomic mass is 10.1. The van der Waals surface area contributed by atoms with Gasteiger partial charge in [0.05, 0.1) is 19.8 Å². The van der Waals surface area contributed by atoms with Crippen molar-refractivity contribution in [1.29, 1.82) is 0 Å². The van der Waals surface area contributed by atoms with Crippen LogP contribution >= 0.6 is 0 Å². The van der Waals surface area contributed by atoms with Crippen molar-refractivity contribution < 1.29 is 9.47 Å². The van der Waals surface area contributed by atoms with Crippen LogP contribution in [-0.2, 0) is 22.6 Å². The first-order valence-electron chi connectivity index (χ1n) is 7.49. The number of hydrogen-bond acceptors (Lipinski definition) is 3. The van der Waals surface area contributed by atoms with Gasteiger partial charge in [0.1, 0.15) is 0 Å². The summed E-state index contributed by atoms with van der Waals surface area (Å²) in [6.07, 6.45) is 1.06. The molecule has 0 spiro atoms. The Morgan fingerprint density at radius 3 is 2.40 bits per heavy atom. The number of hydrogen-bond donors (Lipinski definition) is 1. The first kappa shape index (κ1) is 17.2. The fraction of sp³-hybridized carbons (Fsp3) is 0.647. The van der Waals surface area contributed by atoms with Crippen molar-refractivity contribution in [1.82, 2.24) is 5.32 Å². The Bertz CT molecular complexity index is 371. The fourth-order valence-corrected chi connectivity index (χ4v) is 1.75. The van der Waals surface area contributed by atoms with Gasteiger partial charge >= 0.3 is 0 Å². The maximum atomic E-state index is 5.62. The second-order valence-corrected chi connectivity index (χ2v) is 6.09. The van der Waals surface area contributed by atoms with Crippen molar-refractivity contribution in [3.05, 3.63) is 35.4 Å². The van der Waals surface area contributed by atoms with Gasteiger partial charge in [-0.05, 0) is 38.3 Å². The predicted molar refractivity (Wildman–Crippen MR) is 83.8 cm³/mol. The molecule has 1 aromatic rings. The summed E-state index contributed by atoms with van der Waals surface area (Å²) in [5, 5.41) is 3.49. The predicted octanol–water partition coefficient (Wildman–Crippen LogP) is 3.52. The molecule has 3 heteroatoms. The highest BCUT2D eigenvalue weighted by molar-refractivity contribution is 5.23. The molecule has 1 rings (SSSR count). The molecular formula is C17H29NO2. The van der Waals surface area contributed by atoms with E-state index >= 15 is 0 Å². The molecule has 0 aliphatic rings. The van der Waals surface area contributed by atoms with Crippen LogP contribution in [0.2, 0.25) is 0 Å². The number of nitrogens with one attached hydrogen (secondary N) is 1. The van der Waals surface area contributed by atoms with E-state index in [0.717, 1.165) is 19.6 Å². The van der Waals surface area contributed by atoms with Crippen LogP contribution in [0, 0.1) is 0 Å². The van der Waals surface area contributed by atoms with Gasteiger partial charge in [0.15, 0.2) is 0 Å². The fourth-order valence-electron chi connectivity index (χ4n) is 1.75. The summed E-state index contributed by atoms with van der Waals surface area (Å²) < 4.78 is 11.0. The monoisotopic (exact) mass is 279 g/mol. The van der Waals surface area contributed by atoms with Crippen LogP contribution in [0.5, 0.6) is 0 Å². The van der Waals surface area contributed by atoms with E-state index in [1.165, 1.54) is 11.1 Å². The second-order valence-electron chi connectivity index (χ2n) is 6.09. The van der Waals surface area contributed by atoms with Crippen LogP contribution in [0.1, 0.15) is 45.2 Å². The van der Waals surface area contributed by atoms with Gasteiger partial charge in [-0.2, -0.15) is 0 Å². The normalized spacial score (nSPS) is 11.8. The molecule has 20 heavy (non-hydrogen) atoms. The van der Waals surface area contributed by atoms with Gasteiger partial charge in [-0.3, -0.25) is 0 Å².